The number of hydrogen-bond donors (Lipinski definition) is 0. The molecule has 0 amide bonds. The number of thioether (sulfide) groups is 1. The van der Waals surface area contributed by atoms with Crippen LogP contribution < -0.4 is 0 Å². The second-order valence-electron chi connectivity index (χ2n) is 3.93. The first-order valence-electron chi connectivity index (χ1n) is 5.44. The van der Waals surface area contributed by atoms with Gasteiger partial charge in [-0.25, -0.2) is 9.97 Å². The topological polar surface area (TPSA) is 25.8 Å². The van der Waals surface area contributed by atoms with E-state index in [1.807, 2.05) is 30.2 Å². The molecule has 0 unspecified atom stereocenters. The lowest BCUT2D eigenvalue weighted by atomic mass is 9.89. The van der Waals surface area contributed by atoms with Crippen LogP contribution in [-0.2, 0) is 0 Å². The molecule has 1 aliphatic rings. The summed E-state index contributed by atoms with van der Waals surface area (Å²) in [6.45, 7) is 3.89. The lowest BCUT2D eigenvalue weighted by molar-refractivity contribution is 0.429. The van der Waals surface area contributed by atoms with E-state index >= 15 is 0 Å². The standard InChI is InChI=1S/C12H16N2S/c1-2-10-5-3-6-11(9-10)15-12-13-7-4-8-14-12/h2,4,7-8,10-11H,1,3,5-6,9H2/t10-,11+/m1/s1. The Labute approximate surface area is 95.2 Å². The Morgan fingerprint density at radius 3 is 2.87 bits per heavy atom. The van der Waals surface area contributed by atoms with Gasteiger partial charge in [0.05, 0.1) is 0 Å². The Bertz CT molecular complexity index is 313. The highest BCUT2D eigenvalue weighted by Gasteiger charge is 2.21. The van der Waals surface area contributed by atoms with Gasteiger partial charge in [-0.1, -0.05) is 24.3 Å². The normalized spacial score (nSPS) is 26.1. The van der Waals surface area contributed by atoms with Crippen LogP contribution in [0.4, 0.5) is 0 Å². The van der Waals surface area contributed by atoms with E-state index in [-0.39, 0.29) is 0 Å². The van der Waals surface area contributed by atoms with Gasteiger partial charge in [0.15, 0.2) is 5.16 Å². The number of hydrogen-bond acceptors (Lipinski definition) is 3. The molecule has 1 aliphatic carbocycles. The molecule has 2 rings (SSSR count). The number of allylic oxidation sites excluding steroid dienone is 1. The Morgan fingerprint density at radius 2 is 2.13 bits per heavy atom. The van der Waals surface area contributed by atoms with E-state index in [1.54, 1.807) is 0 Å². The van der Waals surface area contributed by atoms with E-state index < -0.39 is 0 Å². The molecule has 0 aliphatic heterocycles. The molecule has 15 heavy (non-hydrogen) atoms. The van der Waals surface area contributed by atoms with Crippen LogP contribution in [0.2, 0.25) is 0 Å². The predicted molar refractivity (Wildman–Crippen MR) is 63.8 cm³/mol. The second-order valence-corrected chi connectivity index (χ2v) is 5.20. The van der Waals surface area contributed by atoms with Crippen LogP contribution in [0, 0.1) is 5.92 Å². The fourth-order valence-corrected chi connectivity index (χ4v) is 3.17. The Balaban J connectivity index is 1.92. The largest absolute Gasteiger partial charge is 0.231 e. The summed E-state index contributed by atoms with van der Waals surface area (Å²) in [7, 11) is 0. The van der Waals surface area contributed by atoms with Crippen LogP contribution in [0.25, 0.3) is 0 Å². The van der Waals surface area contributed by atoms with Crippen LogP contribution in [0.5, 0.6) is 0 Å². The van der Waals surface area contributed by atoms with Gasteiger partial charge in [-0.05, 0) is 31.2 Å². The van der Waals surface area contributed by atoms with E-state index in [2.05, 4.69) is 22.6 Å². The van der Waals surface area contributed by atoms with Gasteiger partial charge in [0.1, 0.15) is 0 Å². The van der Waals surface area contributed by atoms with Gasteiger partial charge in [-0.15, -0.1) is 6.58 Å². The Hall–Kier alpha value is -0.830. The first-order chi connectivity index (χ1) is 7.38. The van der Waals surface area contributed by atoms with Crippen molar-refractivity contribution in [3.63, 3.8) is 0 Å². The maximum atomic E-state index is 4.25. The summed E-state index contributed by atoms with van der Waals surface area (Å²) in [5.41, 5.74) is 0. The predicted octanol–water partition coefficient (Wildman–Crippen LogP) is 3.31. The minimum absolute atomic E-state index is 0.671. The summed E-state index contributed by atoms with van der Waals surface area (Å²) in [5, 5.41) is 1.58. The highest BCUT2D eigenvalue weighted by Crippen LogP contribution is 2.34. The van der Waals surface area contributed by atoms with Crippen molar-refractivity contribution >= 4 is 11.8 Å². The van der Waals surface area contributed by atoms with Crippen molar-refractivity contribution in [1.29, 1.82) is 0 Å². The van der Waals surface area contributed by atoms with Crippen LogP contribution in [-0.4, -0.2) is 15.2 Å². The quantitative estimate of drug-likeness (QED) is 0.577. The van der Waals surface area contributed by atoms with E-state index in [4.69, 9.17) is 0 Å². The Kier molecular flexibility index (Phi) is 3.78. The lowest BCUT2D eigenvalue weighted by Gasteiger charge is -2.25. The van der Waals surface area contributed by atoms with Crippen molar-refractivity contribution in [2.75, 3.05) is 0 Å². The van der Waals surface area contributed by atoms with E-state index in [0.29, 0.717) is 11.2 Å². The monoisotopic (exact) mass is 220 g/mol. The van der Waals surface area contributed by atoms with Crippen LogP contribution in [0.1, 0.15) is 25.7 Å². The molecule has 0 N–H and O–H groups in total. The summed E-state index contributed by atoms with van der Waals surface area (Å²) in [4.78, 5) is 8.50. The van der Waals surface area contributed by atoms with Gasteiger partial charge < -0.3 is 0 Å². The fourth-order valence-electron chi connectivity index (χ4n) is 2.00. The molecule has 1 aromatic heterocycles. The number of rotatable bonds is 3. The third kappa shape index (κ3) is 3.06. The van der Waals surface area contributed by atoms with Crippen LogP contribution in [0.15, 0.2) is 36.3 Å². The van der Waals surface area contributed by atoms with Crippen molar-refractivity contribution in [2.24, 2.45) is 5.92 Å². The average Bonchev–Trinajstić information content (AvgIpc) is 2.31. The summed E-state index contributed by atoms with van der Waals surface area (Å²) in [5.74, 6) is 0.694. The molecule has 0 bridgehead atoms. The molecular weight excluding hydrogens is 204 g/mol. The molecule has 0 aromatic carbocycles. The average molecular weight is 220 g/mol. The van der Waals surface area contributed by atoms with E-state index in [1.165, 1.54) is 25.7 Å². The maximum Gasteiger partial charge on any atom is 0.187 e. The van der Waals surface area contributed by atoms with Gasteiger partial charge >= 0.3 is 0 Å². The zero-order valence-electron chi connectivity index (χ0n) is 8.80. The molecular formula is C12H16N2S. The maximum absolute atomic E-state index is 4.25. The molecule has 3 heteroatoms. The molecule has 1 saturated carbocycles. The van der Waals surface area contributed by atoms with Gasteiger partial charge in [0.25, 0.3) is 0 Å². The van der Waals surface area contributed by atoms with Gasteiger partial charge in [-0.3, -0.25) is 0 Å². The number of aromatic nitrogens is 2. The highest BCUT2D eigenvalue weighted by atomic mass is 32.2. The molecule has 1 fully saturated rings. The van der Waals surface area contributed by atoms with Crippen LogP contribution >= 0.6 is 11.8 Å². The SMILES string of the molecule is C=C[C@@H]1CCC[C@H](Sc2ncccn2)C1. The Morgan fingerprint density at radius 1 is 1.33 bits per heavy atom. The van der Waals surface area contributed by atoms with Crippen molar-refractivity contribution < 1.29 is 0 Å². The highest BCUT2D eigenvalue weighted by molar-refractivity contribution is 7.99. The molecule has 1 heterocycles. The van der Waals surface area contributed by atoms with Gasteiger partial charge in [0, 0.05) is 17.6 Å². The smallest absolute Gasteiger partial charge is 0.187 e. The molecule has 1 aromatic rings. The van der Waals surface area contributed by atoms with Gasteiger partial charge in [-0.2, -0.15) is 0 Å². The number of nitrogens with zero attached hydrogens (tertiary/aromatic N) is 2. The third-order valence-corrected chi connectivity index (χ3v) is 4.00. The summed E-state index contributed by atoms with van der Waals surface area (Å²) in [6.07, 6.45) is 10.8. The zero-order valence-corrected chi connectivity index (χ0v) is 9.62. The van der Waals surface area contributed by atoms with Crippen molar-refractivity contribution in [2.45, 2.75) is 36.1 Å². The molecule has 2 nitrogen and oxygen atoms in total. The lowest BCUT2D eigenvalue weighted by Crippen LogP contribution is -2.16. The molecule has 0 saturated heterocycles. The molecule has 80 valence electrons. The second kappa shape index (κ2) is 5.31. The fraction of sp³-hybridized carbons (Fsp3) is 0.500. The minimum Gasteiger partial charge on any atom is -0.231 e. The summed E-state index contributed by atoms with van der Waals surface area (Å²) >= 11 is 1.81. The first kappa shape index (κ1) is 10.7. The molecule has 0 radical (unpaired) electrons. The summed E-state index contributed by atoms with van der Waals surface area (Å²) < 4.78 is 0. The van der Waals surface area contributed by atoms with Crippen LogP contribution in [0.3, 0.4) is 0 Å². The van der Waals surface area contributed by atoms with E-state index in [9.17, 15) is 0 Å². The molecule has 2 atom stereocenters. The zero-order chi connectivity index (χ0) is 10.5. The van der Waals surface area contributed by atoms with Crippen molar-refractivity contribution in [3.05, 3.63) is 31.1 Å². The van der Waals surface area contributed by atoms with Gasteiger partial charge in [0.2, 0.25) is 0 Å². The van der Waals surface area contributed by atoms with E-state index in [0.717, 1.165) is 5.16 Å². The first-order valence-corrected chi connectivity index (χ1v) is 6.32. The molecule has 0 spiro atoms. The van der Waals surface area contributed by atoms with Crippen molar-refractivity contribution in [1.82, 2.24) is 9.97 Å². The summed E-state index contributed by atoms with van der Waals surface area (Å²) in [6, 6.07) is 1.86. The minimum atomic E-state index is 0.671. The third-order valence-electron chi connectivity index (χ3n) is 2.81. The van der Waals surface area contributed by atoms with Crippen molar-refractivity contribution in [3.8, 4) is 0 Å².